The summed E-state index contributed by atoms with van der Waals surface area (Å²) in [4.78, 5) is 24.6. The van der Waals surface area contributed by atoms with Crippen molar-refractivity contribution < 1.29 is 14.3 Å². The molecule has 6 heteroatoms. The van der Waals surface area contributed by atoms with Crippen molar-refractivity contribution in [3.05, 3.63) is 40.2 Å². The lowest BCUT2D eigenvalue weighted by Crippen LogP contribution is -2.22. The van der Waals surface area contributed by atoms with Crippen LogP contribution in [0.4, 0.5) is 5.00 Å². The van der Waals surface area contributed by atoms with Crippen LogP contribution < -0.4 is 5.32 Å². The van der Waals surface area contributed by atoms with Crippen molar-refractivity contribution in [2.45, 2.75) is 26.7 Å². The van der Waals surface area contributed by atoms with Crippen molar-refractivity contribution in [3.63, 3.8) is 0 Å². The zero-order valence-electron chi connectivity index (χ0n) is 13.9. The van der Waals surface area contributed by atoms with Gasteiger partial charge in [0.05, 0.1) is 7.11 Å². The highest BCUT2D eigenvalue weighted by atomic mass is 35.5. The minimum atomic E-state index is -0.471. The third-order valence-electron chi connectivity index (χ3n) is 3.93. The van der Waals surface area contributed by atoms with E-state index < -0.39 is 5.97 Å². The third-order valence-corrected chi connectivity index (χ3v) is 5.08. The quantitative estimate of drug-likeness (QED) is 0.713. The van der Waals surface area contributed by atoms with Crippen molar-refractivity contribution in [1.29, 1.82) is 0 Å². The lowest BCUT2D eigenvalue weighted by Gasteiger charge is -2.13. The summed E-state index contributed by atoms with van der Waals surface area (Å²) in [6.45, 7) is 3.95. The SMILES string of the molecule is CCC(CC)C(=O)Nc1scc(-c2ccc(Cl)cc2)c1C(=O)OC. The summed E-state index contributed by atoms with van der Waals surface area (Å²) in [5.74, 6) is -0.618. The molecule has 1 aromatic heterocycles. The third kappa shape index (κ3) is 3.97. The number of ether oxygens (including phenoxy) is 1. The summed E-state index contributed by atoms with van der Waals surface area (Å²) in [6, 6.07) is 7.20. The Hall–Kier alpha value is -1.85. The zero-order chi connectivity index (χ0) is 17.7. The second kappa shape index (κ2) is 8.31. The molecule has 0 unspecified atom stereocenters. The van der Waals surface area contributed by atoms with Crippen LogP contribution in [0.25, 0.3) is 11.1 Å². The Morgan fingerprint density at radius 1 is 1.21 bits per heavy atom. The fourth-order valence-electron chi connectivity index (χ4n) is 2.47. The summed E-state index contributed by atoms with van der Waals surface area (Å²) in [6.07, 6.45) is 1.51. The molecule has 2 aromatic rings. The fraction of sp³-hybridized carbons (Fsp3) is 0.333. The van der Waals surface area contributed by atoms with Gasteiger partial charge in [-0.2, -0.15) is 0 Å². The number of benzene rings is 1. The van der Waals surface area contributed by atoms with Crippen molar-refractivity contribution in [2.24, 2.45) is 5.92 Å². The number of anilines is 1. The van der Waals surface area contributed by atoms with E-state index in [0.717, 1.165) is 24.0 Å². The van der Waals surface area contributed by atoms with Crippen molar-refractivity contribution in [3.8, 4) is 11.1 Å². The van der Waals surface area contributed by atoms with Gasteiger partial charge >= 0.3 is 5.97 Å². The molecule has 0 saturated heterocycles. The summed E-state index contributed by atoms with van der Waals surface area (Å²) in [5, 5.41) is 5.87. The molecular formula is C18H20ClNO3S. The van der Waals surface area contributed by atoms with Crippen LogP contribution in [0.2, 0.25) is 5.02 Å². The number of halogens is 1. The topological polar surface area (TPSA) is 55.4 Å². The van der Waals surface area contributed by atoms with Crippen LogP contribution in [0.5, 0.6) is 0 Å². The molecule has 1 heterocycles. The number of amides is 1. The van der Waals surface area contributed by atoms with Crippen LogP contribution in [-0.2, 0) is 9.53 Å². The number of rotatable bonds is 6. The first-order chi connectivity index (χ1) is 11.5. The standard InChI is InChI=1S/C18H20ClNO3S/c1-4-11(5-2)16(21)20-17-15(18(22)23-3)14(10-24-17)12-6-8-13(19)9-7-12/h6-11H,4-5H2,1-3H3,(H,20,21). The predicted octanol–water partition coefficient (Wildman–Crippen LogP) is 5.23. The van der Waals surface area contributed by atoms with Crippen molar-refractivity contribution >= 4 is 39.8 Å². The highest BCUT2D eigenvalue weighted by molar-refractivity contribution is 7.15. The molecule has 0 radical (unpaired) electrons. The number of esters is 1. The van der Waals surface area contributed by atoms with Gasteiger partial charge in [0.2, 0.25) is 5.91 Å². The molecule has 24 heavy (non-hydrogen) atoms. The summed E-state index contributed by atoms with van der Waals surface area (Å²) >= 11 is 7.24. The minimum Gasteiger partial charge on any atom is -0.465 e. The number of nitrogens with one attached hydrogen (secondary N) is 1. The van der Waals surface area contributed by atoms with Gasteiger partial charge in [-0.15, -0.1) is 11.3 Å². The molecule has 0 fully saturated rings. The first-order valence-electron chi connectivity index (χ1n) is 7.78. The van der Waals surface area contributed by atoms with Crippen molar-refractivity contribution in [2.75, 3.05) is 12.4 Å². The van der Waals surface area contributed by atoms with Gasteiger partial charge in [0.25, 0.3) is 0 Å². The molecule has 128 valence electrons. The largest absolute Gasteiger partial charge is 0.465 e. The predicted molar refractivity (Wildman–Crippen MR) is 98.8 cm³/mol. The van der Waals surface area contributed by atoms with Gasteiger partial charge in [-0.25, -0.2) is 4.79 Å². The maximum Gasteiger partial charge on any atom is 0.341 e. The molecule has 0 aliphatic heterocycles. The molecule has 0 saturated carbocycles. The minimum absolute atomic E-state index is 0.0726. The Bertz CT molecular complexity index is 720. The van der Waals surface area contributed by atoms with Crippen LogP contribution in [-0.4, -0.2) is 19.0 Å². The molecule has 0 aliphatic carbocycles. The van der Waals surface area contributed by atoms with Crippen LogP contribution in [0.15, 0.2) is 29.6 Å². The maximum atomic E-state index is 12.4. The van der Waals surface area contributed by atoms with Gasteiger partial charge in [0, 0.05) is 21.9 Å². The molecule has 0 atom stereocenters. The van der Waals surface area contributed by atoms with Crippen LogP contribution >= 0.6 is 22.9 Å². The molecule has 4 nitrogen and oxygen atoms in total. The lowest BCUT2D eigenvalue weighted by atomic mass is 10.0. The molecule has 0 spiro atoms. The maximum absolute atomic E-state index is 12.4. The molecule has 1 N–H and O–H groups in total. The monoisotopic (exact) mass is 365 g/mol. The number of methoxy groups -OCH3 is 1. The van der Waals surface area contributed by atoms with Gasteiger partial charge in [-0.1, -0.05) is 37.6 Å². The zero-order valence-corrected chi connectivity index (χ0v) is 15.5. The van der Waals surface area contributed by atoms with E-state index in [2.05, 4.69) is 5.32 Å². The Morgan fingerprint density at radius 3 is 2.38 bits per heavy atom. The Morgan fingerprint density at radius 2 is 1.83 bits per heavy atom. The van der Waals surface area contributed by atoms with E-state index >= 15 is 0 Å². The average Bonchev–Trinajstić information content (AvgIpc) is 2.99. The number of hydrogen-bond acceptors (Lipinski definition) is 4. The molecular weight excluding hydrogens is 346 g/mol. The van der Waals surface area contributed by atoms with Crippen LogP contribution in [0.3, 0.4) is 0 Å². The number of carbonyl (C=O) groups is 2. The highest BCUT2D eigenvalue weighted by Crippen LogP contribution is 2.37. The van der Waals surface area contributed by atoms with E-state index in [9.17, 15) is 9.59 Å². The van der Waals surface area contributed by atoms with E-state index in [1.165, 1.54) is 18.4 Å². The Balaban J connectivity index is 2.41. The second-order valence-electron chi connectivity index (χ2n) is 5.35. The normalized spacial score (nSPS) is 10.7. The van der Waals surface area contributed by atoms with Gasteiger partial charge in [-0.05, 0) is 30.5 Å². The van der Waals surface area contributed by atoms with Gasteiger partial charge in [-0.3, -0.25) is 4.79 Å². The second-order valence-corrected chi connectivity index (χ2v) is 6.67. The van der Waals surface area contributed by atoms with E-state index in [4.69, 9.17) is 16.3 Å². The van der Waals surface area contributed by atoms with Gasteiger partial charge in [0.15, 0.2) is 0 Å². The average molecular weight is 366 g/mol. The fourth-order valence-corrected chi connectivity index (χ4v) is 3.56. The first kappa shape index (κ1) is 18.5. The van der Waals surface area contributed by atoms with E-state index in [-0.39, 0.29) is 11.8 Å². The van der Waals surface area contributed by atoms with E-state index in [1.54, 1.807) is 12.1 Å². The number of hydrogen-bond donors (Lipinski definition) is 1. The molecule has 0 bridgehead atoms. The van der Waals surface area contributed by atoms with Gasteiger partial charge in [0.1, 0.15) is 10.6 Å². The van der Waals surface area contributed by atoms with E-state index in [1.807, 2.05) is 31.4 Å². The number of thiophene rings is 1. The summed E-state index contributed by atoms with van der Waals surface area (Å²) in [7, 11) is 1.33. The van der Waals surface area contributed by atoms with Gasteiger partial charge < -0.3 is 10.1 Å². The molecule has 1 amide bonds. The number of carbonyl (C=O) groups excluding carboxylic acids is 2. The molecule has 2 rings (SSSR count). The molecule has 1 aromatic carbocycles. The first-order valence-corrected chi connectivity index (χ1v) is 9.04. The summed E-state index contributed by atoms with van der Waals surface area (Å²) in [5.41, 5.74) is 1.95. The van der Waals surface area contributed by atoms with Crippen LogP contribution in [0.1, 0.15) is 37.0 Å². The Labute approximate surface area is 150 Å². The Kier molecular flexibility index (Phi) is 6.40. The smallest absolute Gasteiger partial charge is 0.341 e. The highest BCUT2D eigenvalue weighted by Gasteiger charge is 2.24. The van der Waals surface area contributed by atoms with E-state index in [0.29, 0.717) is 15.6 Å². The lowest BCUT2D eigenvalue weighted by molar-refractivity contribution is -0.120. The van der Waals surface area contributed by atoms with Crippen molar-refractivity contribution in [1.82, 2.24) is 0 Å². The summed E-state index contributed by atoms with van der Waals surface area (Å²) < 4.78 is 4.91. The van der Waals surface area contributed by atoms with Crippen LogP contribution in [0, 0.1) is 5.92 Å². The molecule has 0 aliphatic rings.